The fraction of sp³-hybridized carbons (Fsp3) is 0.409. The molecule has 3 heterocycles. The third-order valence-electron chi connectivity index (χ3n) is 5.44. The van der Waals surface area contributed by atoms with E-state index in [1.807, 2.05) is 27.8 Å². The van der Waals surface area contributed by atoms with Gasteiger partial charge in [0.05, 0.1) is 6.33 Å². The van der Waals surface area contributed by atoms with E-state index >= 15 is 0 Å². The Balaban J connectivity index is 1.28. The number of amides is 2. The fourth-order valence-corrected chi connectivity index (χ4v) is 3.85. The number of carbonyl (C=O) groups is 2. The number of likely N-dealkylation sites (tertiary alicyclic amines) is 1. The first-order valence-electron chi connectivity index (χ1n) is 10.5. The zero-order chi connectivity index (χ0) is 21.6. The minimum absolute atomic E-state index is 0.0153. The molecule has 1 atom stereocenters. The Bertz CT molecular complexity index is 1010. The normalized spacial score (nSPS) is 16.3. The Hall–Kier alpha value is -3.49. The monoisotopic (exact) mass is 422 g/mol. The third kappa shape index (κ3) is 5.36. The molecule has 1 unspecified atom stereocenters. The second-order valence-corrected chi connectivity index (χ2v) is 7.82. The van der Waals surface area contributed by atoms with Gasteiger partial charge in [-0.3, -0.25) is 9.59 Å². The van der Waals surface area contributed by atoms with E-state index in [2.05, 4.69) is 20.5 Å². The van der Waals surface area contributed by atoms with Gasteiger partial charge in [0.2, 0.25) is 17.7 Å². The lowest BCUT2D eigenvalue weighted by atomic mass is 9.94. The van der Waals surface area contributed by atoms with Crippen LogP contribution in [0.25, 0.3) is 11.5 Å². The second-order valence-electron chi connectivity index (χ2n) is 7.82. The van der Waals surface area contributed by atoms with E-state index in [-0.39, 0.29) is 17.7 Å². The van der Waals surface area contributed by atoms with Gasteiger partial charge in [0.15, 0.2) is 0 Å². The molecule has 0 saturated carbocycles. The summed E-state index contributed by atoms with van der Waals surface area (Å²) in [5.41, 5.74) is 1.39. The lowest BCUT2D eigenvalue weighted by Crippen LogP contribution is -2.41. The Morgan fingerprint density at radius 2 is 2.06 bits per heavy atom. The topological polar surface area (TPSA) is 106 Å². The molecule has 1 aliphatic heterocycles. The van der Waals surface area contributed by atoms with Crippen molar-refractivity contribution >= 4 is 11.8 Å². The van der Waals surface area contributed by atoms with Crippen LogP contribution in [0.15, 0.2) is 47.4 Å². The Morgan fingerprint density at radius 3 is 2.77 bits per heavy atom. The van der Waals surface area contributed by atoms with Crippen molar-refractivity contribution in [3.05, 3.63) is 54.4 Å². The van der Waals surface area contributed by atoms with Gasteiger partial charge in [-0.05, 0) is 43.0 Å². The van der Waals surface area contributed by atoms with E-state index in [0.717, 1.165) is 18.4 Å². The molecule has 0 radical (unpaired) electrons. The van der Waals surface area contributed by atoms with Gasteiger partial charge < -0.3 is 19.2 Å². The molecule has 31 heavy (non-hydrogen) atoms. The van der Waals surface area contributed by atoms with Crippen LogP contribution in [0.1, 0.15) is 35.5 Å². The van der Waals surface area contributed by atoms with Gasteiger partial charge >= 0.3 is 0 Å². The standard InChI is InChI=1S/C22H26N6O3/c1-16-25-26-21(31-16)18-4-6-19(7-5-18)22(30)28-10-2-3-17(14-28)13-20(29)24-9-12-27-11-8-23-15-27/h4-8,11,15,17H,2-3,9-10,12-14H2,1H3,(H,24,29). The zero-order valence-electron chi connectivity index (χ0n) is 17.5. The van der Waals surface area contributed by atoms with Crippen molar-refractivity contribution in [3.8, 4) is 11.5 Å². The summed E-state index contributed by atoms with van der Waals surface area (Å²) in [7, 11) is 0. The van der Waals surface area contributed by atoms with Crippen molar-refractivity contribution in [2.45, 2.75) is 32.7 Å². The van der Waals surface area contributed by atoms with E-state index < -0.39 is 0 Å². The first-order valence-corrected chi connectivity index (χ1v) is 10.5. The molecule has 0 bridgehead atoms. The van der Waals surface area contributed by atoms with Crippen LogP contribution in [0.4, 0.5) is 0 Å². The van der Waals surface area contributed by atoms with E-state index in [1.165, 1.54) is 0 Å². The molecule has 1 fully saturated rings. The molecule has 1 aromatic carbocycles. The predicted octanol–water partition coefficient (Wildman–Crippen LogP) is 2.30. The number of nitrogens with zero attached hydrogens (tertiary/aromatic N) is 5. The summed E-state index contributed by atoms with van der Waals surface area (Å²) in [6.45, 7) is 4.30. The highest BCUT2D eigenvalue weighted by atomic mass is 16.4. The quantitative estimate of drug-likeness (QED) is 0.626. The molecule has 1 saturated heterocycles. The number of aryl methyl sites for hydroxylation is 1. The summed E-state index contributed by atoms with van der Waals surface area (Å²) < 4.78 is 7.35. The average molecular weight is 422 g/mol. The molecule has 4 rings (SSSR count). The highest BCUT2D eigenvalue weighted by Crippen LogP contribution is 2.23. The van der Waals surface area contributed by atoms with E-state index in [4.69, 9.17) is 4.42 Å². The number of hydrogen-bond donors (Lipinski definition) is 1. The van der Waals surface area contributed by atoms with Crippen LogP contribution >= 0.6 is 0 Å². The molecule has 162 valence electrons. The molecule has 0 aliphatic carbocycles. The molecule has 3 aromatic rings. The molecule has 2 aromatic heterocycles. The number of rotatable bonds is 7. The lowest BCUT2D eigenvalue weighted by Gasteiger charge is -2.32. The number of hydrogen-bond acceptors (Lipinski definition) is 6. The minimum atomic E-state index is -0.0153. The van der Waals surface area contributed by atoms with E-state index in [1.54, 1.807) is 31.6 Å². The number of piperidine rings is 1. The van der Waals surface area contributed by atoms with Crippen LogP contribution in [0.2, 0.25) is 0 Å². The maximum atomic E-state index is 13.0. The third-order valence-corrected chi connectivity index (χ3v) is 5.44. The van der Waals surface area contributed by atoms with Crippen LogP contribution < -0.4 is 5.32 Å². The minimum Gasteiger partial charge on any atom is -0.421 e. The van der Waals surface area contributed by atoms with Gasteiger partial charge in [0.1, 0.15) is 0 Å². The van der Waals surface area contributed by atoms with E-state index in [0.29, 0.717) is 49.9 Å². The number of imidazole rings is 1. The first kappa shape index (κ1) is 20.8. The zero-order valence-corrected chi connectivity index (χ0v) is 17.5. The van der Waals surface area contributed by atoms with Crippen molar-refractivity contribution < 1.29 is 14.0 Å². The van der Waals surface area contributed by atoms with Crippen molar-refractivity contribution in [2.75, 3.05) is 19.6 Å². The molecule has 0 spiro atoms. The van der Waals surface area contributed by atoms with Gasteiger partial charge in [-0.2, -0.15) is 0 Å². The van der Waals surface area contributed by atoms with Gasteiger partial charge in [0.25, 0.3) is 5.91 Å². The Kier molecular flexibility index (Phi) is 6.40. The summed E-state index contributed by atoms with van der Waals surface area (Å²) in [4.78, 5) is 31.1. The predicted molar refractivity (Wildman–Crippen MR) is 113 cm³/mol. The van der Waals surface area contributed by atoms with Crippen LogP contribution in [-0.2, 0) is 11.3 Å². The van der Waals surface area contributed by atoms with Crippen LogP contribution in [0.5, 0.6) is 0 Å². The van der Waals surface area contributed by atoms with Gasteiger partial charge in [-0.1, -0.05) is 0 Å². The molecule has 2 amide bonds. The average Bonchev–Trinajstić information content (AvgIpc) is 3.45. The SMILES string of the molecule is Cc1nnc(-c2ccc(C(=O)N3CCCC(CC(=O)NCCn4ccnc4)C3)cc2)o1. The summed E-state index contributed by atoms with van der Waals surface area (Å²) >= 11 is 0. The molecule has 9 heteroatoms. The Morgan fingerprint density at radius 1 is 1.23 bits per heavy atom. The summed E-state index contributed by atoms with van der Waals surface area (Å²) in [6.07, 6.45) is 7.60. The van der Waals surface area contributed by atoms with E-state index in [9.17, 15) is 9.59 Å². The number of aromatic nitrogens is 4. The second kappa shape index (κ2) is 9.55. The maximum Gasteiger partial charge on any atom is 0.253 e. The van der Waals surface area contributed by atoms with Crippen molar-refractivity contribution in [1.82, 2.24) is 30.0 Å². The molecule has 1 N–H and O–H groups in total. The first-order chi connectivity index (χ1) is 15.1. The molecular weight excluding hydrogens is 396 g/mol. The summed E-state index contributed by atoms with van der Waals surface area (Å²) in [6, 6.07) is 7.19. The summed E-state index contributed by atoms with van der Waals surface area (Å²) in [5.74, 6) is 1.12. The van der Waals surface area contributed by atoms with Crippen LogP contribution in [-0.4, -0.2) is 56.1 Å². The maximum absolute atomic E-state index is 13.0. The molecular formula is C22H26N6O3. The number of carbonyl (C=O) groups excluding carboxylic acids is 2. The fourth-order valence-electron chi connectivity index (χ4n) is 3.85. The molecule has 1 aliphatic rings. The molecule has 9 nitrogen and oxygen atoms in total. The van der Waals surface area contributed by atoms with Gasteiger partial charge in [-0.15, -0.1) is 10.2 Å². The van der Waals surface area contributed by atoms with Crippen molar-refractivity contribution in [2.24, 2.45) is 5.92 Å². The lowest BCUT2D eigenvalue weighted by molar-refractivity contribution is -0.122. The highest BCUT2D eigenvalue weighted by Gasteiger charge is 2.26. The highest BCUT2D eigenvalue weighted by molar-refractivity contribution is 5.94. The van der Waals surface area contributed by atoms with Crippen molar-refractivity contribution in [1.29, 1.82) is 0 Å². The number of nitrogens with one attached hydrogen (secondary N) is 1. The van der Waals surface area contributed by atoms with Crippen molar-refractivity contribution in [3.63, 3.8) is 0 Å². The van der Waals surface area contributed by atoms with Crippen LogP contribution in [0, 0.1) is 12.8 Å². The summed E-state index contributed by atoms with van der Waals surface area (Å²) in [5, 5.41) is 10.8. The van der Waals surface area contributed by atoms with Gasteiger partial charge in [-0.25, -0.2) is 4.98 Å². The Labute approximate surface area is 180 Å². The van der Waals surface area contributed by atoms with Gasteiger partial charge in [0, 0.05) is 63.0 Å². The smallest absolute Gasteiger partial charge is 0.253 e. The van der Waals surface area contributed by atoms with Crippen LogP contribution in [0.3, 0.4) is 0 Å². The largest absolute Gasteiger partial charge is 0.421 e. The number of benzene rings is 1.